The van der Waals surface area contributed by atoms with Gasteiger partial charge in [0.2, 0.25) is 0 Å². The van der Waals surface area contributed by atoms with Crippen LogP contribution in [0.4, 0.5) is 18.9 Å². The normalized spacial score (nSPS) is 32.4. The molecule has 0 radical (unpaired) electrons. The first kappa shape index (κ1) is 26.7. The summed E-state index contributed by atoms with van der Waals surface area (Å²) in [5.74, 6) is 3.91. The van der Waals surface area contributed by atoms with Crippen LogP contribution >= 0.6 is 0 Å². The average Bonchev–Trinajstić information content (AvgIpc) is 3.19. The van der Waals surface area contributed by atoms with Crippen molar-refractivity contribution in [2.24, 2.45) is 22.7 Å². The molecule has 1 aromatic carbocycles. The number of hydrogen-bond acceptors (Lipinski definition) is 4. The van der Waals surface area contributed by atoms with Gasteiger partial charge in [0.05, 0.1) is 5.41 Å². The summed E-state index contributed by atoms with van der Waals surface area (Å²) in [5.41, 5.74) is 3.56. The van der Waals surface area contributed by atoms with Gasteiger partial charge in [-0.3, -0.25) is 9.59 Å². The molecular weight excluding hydrogens is 491 g/mol. The number of benzene rings is 1. The Morgan fingerprint density at radius 1 is 1.16 bits per heavy atom. The van der Waals surface area contributed by atoms with Gasteiger partial charge >= 0.3 is 6.18 Å². The highest BCUT2D eigenvalue weighted by molar-refractivity contribution is 5.93. The third-order valence-corrected chi connectivity index (χ3v) is 9.70. The predicted octanol–water partition coefficient (Wildman–Crippen LogP) is 6.40. The maximum absolute atomic E-state index is 13.6. The molecule has 202 valence electrons. The number of methoxy groups -OCH3 is 1. The molecule has 1 N–H and O–H groups in total. The molecule has 5 atom stereocenters. The monoisotopic (exact) mass is 525 g/mol. The molecule has 2 fully saturated rings. The third-order valence-electron chi connectivity index (χ3n) is 9.70. The van der Waals surface area contributed by atoms with Gasteiger partial charge < -0.3 is 10.1 Å². The topological polar surface area (TPSA) is 55.4 Å². The van der Waals surface area contributed by atoms with Crippen molar-refractivity contribution in [3.8, 4) is 11.8 Å². The van der Waals surface area contributed by atoms with E-state index in [0.29, 0.717) is 32.1 Å². The fraction of sp³-hybridized carbons (Fsp3) is 0.548. The van der Waals surface area contributed by atoms with Gasteiger partial charge in [-0.05, 0) is 90.7 Å². The summed E-state index contributed by atoms with van der Waals surface area (Å²) in [6.07, 6.45) is 1.36. The molecule has 2 saturated carbocycles. The molecule has 0 bridgehead atoms. The number of carbonyl (C=O) groups excluding carboxylic acids is 2. The molecule has 0 spiro atoms. The lowest BCUT2D eigenvalue weighted by Gasteiger charge is -2.54. The number of nitrogens with one attached hydrogen (secondary N) is 1. The minimum absolute atomic E-state index is 0.0281. The molecule has 0 aromatic heterocycles. The summed E-state index contributed by atoms with van der Waals surface area (Å²) >= 11 is 0. The van der Waals surface area contributed by atoms with Crippen LogP contribution in [0.3, 0.4) is 0 Å². The van der Waals surface area contributed by atoms with Crippen LogP contribution in [0.2, 0.25) is 0 Å². The summed E-state index contributed by atoms with van der Waals surface area (Å²) in [6.45, 7) is 1.74. The molecular formula is C31H34F3NO3. The highest BCUT2D eigenvalue weighted by Gasteiger charge is 2.65. The summed E-state index contributed by atoms with van der Waals surface area (Å²) in [4.78, 5) is 25.9. The average molecular weight is 526 g/mol. The van der Waals surface area contributed by atoms with Crippen LogP contribution in [0.5, 0.6) is 0 Å². The number of carbonyl (C=O) groups is 2. The van der Waals surface area contributed by atoms with Crippen molar-refractivity contribution < 1.29 is 27.5 Å². The first-order valence-corrected chi connectivity index (χ1v) is 13.4. The van der Waals surface area contributed by atoms with E-state index in [9.17, 15) is 22.8 Å². The van der Waals surface area contributed by atoms with Crippen molar-refractivity contribution in [3.63, 3.8) is 0 Å². The van der Waals surface area contributed by atoms with Crippen molar-refractivity contribution >= 4 is 17.3 Å². The molecule has 0 unspecified atom stereocenters. The molecule has 4 aliphatic carbocycles. The number of hydrogen-bond donors (Lipinski definition) is 1. The molecule has 0 amide bonds. The van der Waals surface area contributed by atoms with Gasteiger partial charge in [-0.1, -0.05) is 30.6 Å². The Kier molecular flexibility index (Phi) is 6.84. The van der Waals surface area contributed by atoms with Gasteiger partial charge in [0.25, 0.3) is 0 Å². The lowest BCUT2D eigenvalue weighted by molar-refractivity contribution is -0.136. The molecule has 7 heteroatoms. The Labute approximate surface area is 222 Å². The van der Waals surface area contributed by atoms with E-state index < -0.39 is 17.0 Å². The molecule has 5 rings (SSSR count). The second-order valence-corrected chi connectivity index (χ2v) is 11.4. The van der Waals surface area contributed by atoms with Crippen LogP contribution < -0.4 is 5.32 Å². The number of ketones is 2. The van der Waals surface area contributed by atoms with Crippen LogP contribution in [0.1, 0.15) is 63.4 Å². The minimum atomic E-state index is -4.68. The first-order valence-electron chi connectivity index (χ1n) is 13.4. The zero-order valence-corrected chi connectivity index (χ0v) is 22.1. The molecule has 4 nitrogen and oxygen atoms in total. The van der Waals surface area contributed by atoms with Crippen molar-refractivity contribution in [2.45, 2.75) is 64.0 Å². The van der Waals surface area contributed by atoms with E-state index in [4.69, 9.17) is 4.74 Å². The first-order chi connectivity index (χ1) is 18.0. The van der Waals surface area contributed by atoms with Gasteiger partial charge in [0.15, 0.2) is 11.6 Å². The van der Waals surface area contributed by atoms with Crippen molar-refractivity contribution in [1.29, 1.82) is 0 Å². The quantitative estimate of drug-likeness (QED) is 0.453. The second kappa shape index (κ2) is 9.72. The smallest absolute Gasteiger partial charge is 0.388 e. The number of halogens is 3. The van der Waals surface area contributed by atoms with Crippen molar-refractivity contribution in [3.05, 3.63) is 52.6 Å². The van der Waals surface area contributed by atoms with Crippen LogP contribution in [0.25, 0.3) is 0 Å². The van der Waals surface area contributed by atoms with E-state index in [-0.39, 0.29) is 35.9 Å². The van der Waals surface area contributed by atoms with E-state index in [1.54, 1.807) is 6.08 Å². The van der Waals surface area contributed by atoms with E-state index in [2.05, 4.69) is 23.4 Å². The Bertz CT molecular complexity index is 1270. The Hall–Kier alpha value is -2.85. The maximum Gasteiger partial charge on any atom is 0.457 e. The highest BCUT2D eigenvalue weighted by atomic mass is 19.4. The van der Waals surface area contributed by atoms with Crippen LogP contribution in [-0.2, 0) is 14.3 Å². The molecule has 4 aliphatic rings. The minimum Gasteiger partial charge on any atom is -0.388 e. The fourth-order valence-corrected chi connectivity index (χ4v) is 8.03. The van der Waals surface area contributed by atoms with E-state index >= 15 is 0 Å². The van der Waals surface area contributed by atoms with Gasteiger partial charge in [0.1, 0.15) is 6.61 Å². The highest BCUT2D eigenvalue weighted by Crippen LogP contribution is 2.69. The number of fused-ring (bicyclic) bond motifs is 4. The summed E-state index contributed by atoms with van der Waals surface area (Å²) in [6, 6.07) is 8.17. The maximum atomic E-state index is 13.6. The summed E-state index contributed by atoms with van der Waals surface area (Å²) < 4.78 is 45.4. The van der Waals surface area contributed by atoms with Gasteiger partial charge in [-0.2, -0.15) is 13.2 Å². The number of anilines is 1. The zero-order chi connectivity index (χ0) is 27.3. The largest absolute Gasteiger partial charge is 0.457 e. The van der Waals surface area contributed by atoms with Crippen molar-refractivity contribution in [1.82, 2.24) is 0 Å². The SMILES string of the molecule is CNc1ccc([C@H]2C[C@@]3(C)[C@@H](CC[C@]3(C#CC(F)(F)F)C(=O)COC)[C@@H]3CCC4=CC(=O)CCC4=C32)cc1. The van der Waals surface area contributed by atoms with Crippen LogP contribution in [0, 0.1) is 34.5 Å². The van der Waals surface area contributed by atoms with E-state index in [1.807, 2.05) is 26.1 Å². The van der Waals surface area contributed by atoms with Gasteiger partial charge in [-0.25, -0.2) is 0 Å². The summed E-state index contributed by atoms with van der Waals surface area (Å²) in [7, 11) is 3.25. The lowest BCUT2D eigenvalue weighted by atomic mass is 9.48. The number of ether oxygens (including phenoxy) is 1. The number of Topliss-reactive ketones (excluding diaryl/α,β-unsaturated/α-hetero) is 1. The molecule has 0 saturated heterocycles. The fourth-order valence-electron chi connectivity index (χ4n) is 8.03. The second-order valence-electron chi connectivity index (χ2n) is 11.4. The Balaban J connectivity index is 1.70. The van der Waals surface area contributed by atoms with E-state index in [1.165, 1.54) is 24.2 Å². The number of alkyl halides is 3. The predicted molar refractivity (Wildman–Crippen MR) is 139 cm³/mol. The standard InChI is InChI=1S/C31H34F3NO3/c1-29-17-25(19-4-7-21(35-2)8-5-19)28-23-11-9-22(36)16-20(23)6-10-24(28)26(29)12-13-30(29,27(37)18-38-3)14-15-31(32,33)34/h4-5,7-8,16,24-26,35H,6,9-13,17-18H2,1-3H3/t24-,25+,26-,29-,30-/m0/s1. The van der Waals surface area contributed by atoms with Crippen LogP contribution in [0.15, 0.2) is 47.1 Å². The Morgan fingerprint density at radius 3 is 2.55 bits per heavy atom. The summed E-state index contributed by atoms with van der Waals surface area (Å²) in [5, 5.41) is 3.14. The zero-order valence-electron chi connectivity index (χ0n) is 22.1. The molecule has 38 heavy (non-hydrogen) atoms. The van der Waals surface area contributed by atoms with Gasteiger partial charge in [0, 0.05) is 38.1 Å². The lowest BCUT2D eigenvalue weighted by Crippen LogP contribution is -2.51. The number of rotatable bonds is 5. The van der Waals surface area contributed by atoms with E-state index in [0.717, 1.165) is 29.7 Å². The van der Waals surface area contributed by atoms with Gasteiger partial charge in [-0.15, -0.1) is 0 Å². The molecule has 1 aromatic rings. The van der Waals surface area contributed by atoms with Crippen LogP contribution in [-0.4, -0.2) is 38.5 Å². The molecule has 0 heterocycles. The molecule has 0 aliphatic heterocycles. The van der Waals surface area contributed by atoms with Crippen molar-refractivity contribution in [2.75, 3.05) is 26.1 Å². The third kappa shape index (κ3) is 4.31. The number of allylic oxidation sites excluding steroid dienone is 4. The Morgan fingerprint density at radius 2 is 1.89 bits per heavy atom.